The predicted octanol–water partition coefficient (Wildman–Crippen LogP) is 2.50. The molecule has 1 aromatic carbocycles. The lowest BCUT2D eigenvalue weighted by Gasteiger charge is -2.40. The first kappa shape index (κ1) is 18.8. The molecule has 1 fully saturated rings. The summed E-state index contributed by atoms with van der Waals surface area (Å²) in [5.74, 6) is -0.203. The van der Waals surface area contributed by atoms with Crippen LogP contribution in [0.15, 0.2) is 30.3 Å². The first-order chi connectivity index (χ1) is 11.8. The van der Waals surface area contributed by atoms with Crippen molar-refractivity contribution < 1.29 is 9.59 Å². The summed E-state index contributed by atoms with van der Waals surface area (Å²) in [4.78, 5) is 28.4. The number of hydrogen-bond acceptors (Lipinski definition) is 3. The quantitative estimate of drug-likeness (QED) is 0.911. The summed E-state index contributed by atoms with van der Waals surface area (Å²) in [5, 5.41) is 9.30. The Balaban J connectivity index is 2.35. The minimum atomic E-state index is -0.723. The van der Waals surface area contributed by atoms with Crippen LogP contribution >= 0.6 is 0 Å². The average Bonchev–Trinajstić information content (AvgIpc) is 3.02. The summed E-state index contributed by atoms with van der Waals surface area (Å²) in [7, 11) is 0. The maximum absolute atomic E-state index is 13.2. The number of rotatable bonds is 4. The fourth-order valence-corrected chi connectivity index (χ4v) is 3.37. The van der Waals surface area contributed by atoms with E-state index in [-0.39, 0.29) is 12.5 Å². The second-order valence-electron chi connectivity index (χ2n) is 7.54. The molecule has 3 amide bonds. The lowest BCUT2D eigenvalue weighted by atomic mass is 9.84. The van der Waals surface area contributed by atoms with Gasteiger partial charge in [-0.1, -0.05) is 51.1 Å². The zero-order valence-electron chi connectivity index (χ0n) is 15.1. The zero-order chi connectivity index (χ0) is 18.6. The normalized spacial score (nSPS) is 18.5. The molecule has 1 aromatic rings. The third kappa shape index (κ3) is 4.30. The van der Waals surface area contributed by atoms with Crippen LogP contribution in [0.4, 0.5) is 4.79 Å². The van der Waals surface area contributed by atoms with Gasteiger partial charge in [0.1, 0.15) is 12.1 Å². The number of nitriles is 1. The molecule has 134 valence electrons. The highest BCUT2D eigenvalue weighted by atomic mass is 16.2. The van der Waals surface area contributed by atoms with Gasteiger partial charge in [-0.3, -0.25) is 4.79 Å². The van der Waals surface area contributed by atoms with Crippen LogP contribution in [-0.4, -0.2) is 40.4 Å². The van der Waals surface area contributed by atoms with Gasteiger partial charge in [0.2, 0.25) is 5.91 Å². The molecule has 1 aliphatic rings. The van der Waals surface area contributed by atoms with E-state index in [4.69, 9.17) is 5.73 Å². The van der Waals surface area contributed by atoms with Crippen molar-refractivity contribution in [1.82, 2.24) is 9.80 Å². The highest BCUT2D eigenvalue weighted by molar-refractivity contribution is 5.88. The average molecular weight is 342 g/mol. The van der Waals surface area contributed by atoms with Crippen molar-refractivity contribution in [3.05, 3.63) is 35.9 Å². The Morgan fingerprint density at radius 1 is 1.36 bits per heavy atom. The van der Waals surface area contributed by atoms with Gasteiger partial charge < -0.3 is 15.5 Å². The molecule has 0 radical (unpaired) electrons. The summed E-state index contributed by atoms with van der Waals surface area (Å²) in [6.07, 6.45) is 1.48. The largest absolute Gasteiger partial charge is 0.351 e. The number of likely N-dealkylation sites (tertiary alicyclic amines) is 1. The van der Waals surface area contributed by atoms with Crippen LogP contribution in [-0.2, 0) is 11.3 Å². The Morgan fingerprint density at radius 2 is 2.00 bits per heavy atom. The van der Waals surface area contributed by atoms with E-state index in [9.17, 15) is 14.9 Å². The summed E-state index contributed by atoms with van der Waals surface area (Å²) in [6.45, 7) is 6.53. The third-order valence-electron chi connectivity index (χ3n) is 4.53. The van der Waals surface area contributed by atoms with Crippen molar-refractivity contribution in [2.75, 3.05) is 6.54 Å². The first-order valence-electron chi connectivity index (χ1n) is 8.56. The summed E-state index contributed by atoms with van der Waals surface area (Å²) in [6, 6.07) is 9.86. The lowest BCUT2D eigenvalue weighted by Crippen LogP contribution is -2.58. The van der Waals surface area contributed by atoms with Gasteiger partial charge in [0.05, 0.1) is 6.07 Å². The molecular weight excluding hydrogens is 316 g/mol. The van der Waals surface area contributed by atoms with Gasteiger partial charge in [-0.15, -0.1) is 0 Å². The maximum Gasteiger partial charge on any atom is 0.315 e. The molecule has 0 saturated carbocycles. The van der Waals surface area contributed by atoms with Gasteiger partial charge >= 0.3 is 6.03 Å². The predicted molar refractivity (Wildman–Crippen MR) is 95.2 cm³/mol. The lowest BCUT2D eigenvalue weighted by molar-refractivity contribution is -0.139. The molecule has 2 rings (SSSR count). The van der Waals surface area contributed by atoms with Crippen LogP contribution in [0.2, 0.25) is 0 Å². The van der Waals surface area contributed by atoms with Crippen molar-refractivity contribution in [2.45, 2.75) is 52.2 Å². The molecule has 1 saturated heterocycles. The molecule has 0 aliphatic carbocycles. The van der Waals surface area contributed by atoms with Crippen LogP contribution in [0.25, 0.3) is 0 Å². The molecule has 0 bridgehead atoms. The van der Waals surface area contributed by atoms with E-state index in [1.165, 1.54) is 4.90 Å². The number of carbonyl (C=O) groups is 2. The zero-order valence-corrected chi connectivity index (χ0v) is 15.1. The molecule has 1 aliphatic heterocycles. The Kier molecular flexibility index (Phi) is 5.68. The Morgan fingerprint density at radius 3 is 2.52 bits per heavy atom. The molecule has 6 heteroatoms. The van der Waals surface area contributed by atoms with Gasteiger partial charge in [-0.2, -0.15) is 5.26 Å². The smallest absolute Gasteiger partial charge is 0.315 e. The first-order valence-corrected chi connectivity index (χ1v) is 8.56. The highest BCUT2D eigenvalue weighted by Crippen LogP contribution is 2.30. The van der Waals surface area contributed by atoms with Crippen molar-refractivity contribution in [3.8, 4) is 6.07 Å². The fraction of sp³-hybridized carbons (Fsp3) is 0.526. The summed E-state index contributed by atoms with van der Waals surface area (Å²) in [5.41, 5.74) is 6.03. The van der Waals surface area contributed by atoms with E-state index in [2.05, 4.69) is 6.07 Å². The summed E-state index contributed by atoms with van der Waals surface area (Å²) >= 11 is 0. The van der Waals surface area contributed by atoms with Crippen LogP contribution in [0.1, 0.15) is 39.2 Å². The fourth-order valence-electron chi connectivity index (χ4n) is 3.37. The molecule has 0 aromatic heterocycles. The number of nitrogens with zero attached hydrogens (tertiary/aromatic N) is 3. The van der Waals surface area contributed by atoms with E-state index in [1.54, 1.807) is 4.90 Å². The van der Waals surface area contributed by atoms with Crippen LogP contribution < -0.4 is 5.73 Å². The second kappa shape index (κ2) is 7.56. The second-order valence-corrected chi connectivity index (χ2v) is 7.54. The molecule has 6 nitrogen and oxygen atoms in total. The van der Waals surface area contributed by atoms with Gasteiger partial charge in [0, 0.05) is 13.1 Å². The molecule has 2 N–H and O–H groups in total. The van der Waals surface area contributed by atoms with Crippen LogP contribution in [0.3, 0.4) is 0 Å². The van der Waals surface area contributed by atoms with Gasteiger partial charge in [0.25, 0.3) is 0 Å². The number of amides is 3. The molecule has 0 spiro atoms. The summed E-state index contributed by atoms with van der Waals surface area (Å²) < 4.78 is 0. The molecule has 0 unspecified atom stereocenters. The minimum Gasteiger partial charge on any atom is -0.351 e. The van der Waals surface area contributed by atoms with E-state index in [1.807, 2.05) is 51.1 Å². The Labute approximate surface area is 149 Å². The molecule has 1 heterocycles. The number of benzene rings is 1. The number of hydrogen-bond donors (Lipinski definition) is 1. The van der Waals surface area contributed by atoms with Gasteiger partial charge in [-0.05, 0) is 23.8 Å². The Hall–Kier alpha value is -2.55. The van der Waals surface area contributed by atoms with Crippen LogP contribution in [0.5, 0.6) is 0 Å². The van der Waals surface area contributed by atoms with E-state index in [0.717, 1.165) is 12.0 Å². The monoisotopic (exact) mass is 342 g/mol. The molecule has 2 atom stereocenters. The van der Waals surface area contributed by atoms with E-state index >= 15 is 0 Å². The van der Waals surface area contributed by atoms with Gasteiger partial charge in [0.15, 0.2) is 0 Å². The topological polar surface area (TPSA) is 90.4 Å². The van der Waals surface area contributed by atoms with E-state index in [0.29, 0.717) is 13.0 Å². The number of carbonyl (C=O) groups excluding carboxylic acids is 2. The van der Waals surface area contributed by atoms with Crippen molar-refractivity contribution in [3.63, 3.8) is 0 Å². The van der Waals surface area contributed by atoms with Crippen molar-refractivity contribution >= 4 is 11.9 Å². The number of urea groups is 1. The van der Waals surface area contributed by atoms with Crippen molar-refractivity contribution in [2.24, 2.45) is 11.1 Å². The number of primary amides is 1. The standard InChI is InChI=1S/C19H26N4O2/c1-19(2,3)16(17(24)22-11-7-10-15(22)12-20)23(18(21)25)13-14-8-5-4-6-9-14/h4-6,8-9,15-16H,7,10-11,13H2,1-3H3,(H2,21,25)/t15-,16+/m0/s1. The van der Waals surface area contributed by atoms with E-state index < -0.39 is 23.5 Å². The maximum atomic E-state index is 13.2. The van der Waals surface area contributed by atoms with Crippen molar-refractivity contribution in [1.29, 1.82) is 5.26 Å². The SMILES string of the molecule is CC(C)(C)[C@@H](C(=O)N1CCC[C@H]1C#N)N(Cc1ccccc1)C(N)=O. The number of nitrogens with two attached hydrogens (primary N) is 1. The third-order valence-corrected chi connectivity index (χ3v) is 4.53. The highest BCUT2D eigenvalue weighted by Gasteiger charge is 2.43. The molecular formula is C19H26N4O2. The Bertz CT molecular complexity index is 660. The van der Waals surface area contributed by atoms with Crippen LogP contribution in [0, 0.1) is 16.7 Å². The minimum absolute atomic E-state index is 0.203. The van der Waals surface area contributed by atoms with Gasteiger partial charge in [-0.25, -0.2) is 4.79 Å². The molecule has 25 heavy (non-hydrogen) atoms.